The molecule has 0 fully saturated rings. The normalized spacial score (nSPS) is 15.4. The van der Waals surface area contributed by atoms with Gasteiger partial charge in [-0.1, -0.05) is 30.3 Å². The number of nitrogens with one attached hydrogen (secondary N) is 2. The molecule has 5 rings (SSSR count). The second kappa shape index (κ2) is 6.66. The van der Waals surface area contributed by atoms with Gasteiger partial charge >= 0.3 is 0 Å². The summed E-state index contributed by atoms with van der Waals surface area (Å²) in [5.74, 6) is -0.107. The van der Waals surface area contributed by atoms with E-state index in [2.05, 4.69) is 15.6 Å². The fourth-order valence-corrected chi connectivity index (χ4v) is 3.40. The van der Waals surface area contributed by atoms with Crippen molar-refractivity contribution < 1.29 is 4.79 Å². The van der Waals surface area contributed by atoms with Gasteiger partial charge in [0.1, 0.15) is 11.9 Å². The minimum Gasteiger partial charge on any atom is -0.361 e. The molecule has 1 atom stereocenters. The number of nitrogens with zero attached hydrogens (tertiary/aromatic N) is 3. The summed E-state index contributed by atoms with van der Waals surface area (Å²) in [6.45, 7) is 0. The lowest BCUT2D eigenvalue weighted by atomic mass is 10.0. The quantitative estimate of drug-likeness (QED) is 0.578. The summed E-state index contributed by atoms with van der Waals surface area (Å²) < 4.78 is 1.83. The van der Waals surface area contributed by atoms with E-state index in [1.54, 1.807) is 12.4 Å². The standard InChI is InChI=1S/C22H17N5O/c28-22-17-10-4-5-11-19(17)24-21(25-22)18-14-27(16-8-2-1-3-9-16)26-20(18)15-7-6-12-23-13-15/h1-14,21,24H,(H,25,28)/t21-/m0/s1. The number of rotatable bonds is 3. The van der Waals surface area contributed by atoms with Gasteiger partial charge < -0.3 is 10.6 Å². The van der Waals surface area contributed by atoms with Crippen LogP contribution in [0.4, 0.5) is 5.69 Å². The summed E-state index contributed by atoms with van der Waals surface area (Å²) in [6.07, 6.45) is 5.06. The van der Waals surface area contributed by atoms with Crippen LogP contribution < -0.4 is 10.6 Å². The molecule has 0 saturated heterocycles. The number of carbonyl (C=O) groups is 1. The summed E-state index contributed by atoms with van der Waals surface area (Å²) in [7, 11) is 0. The van der Waals surface area contributed by atoms with Gasteiger partial charge in [-0.2, -0.15) is 5.10 Å². The molecule has 6 nitrogen and oxygen atoms in total. The predicted molar refractivity (Wildman–Crippen MR) is 107 cm³/mol. The highest BCUT2D eigenvalue weighted by Gasteiger charge is 2.28. The fourth-order valence-electron chi connectivity index (χ4n) is 3.40. The minimum atomic E-state index is -0.393. The van der Waals surface area contributed by atoms with Crippen LogP contribution in [0.25, 0.3) is 16.9 Å². The van der Waals surface area contributed by atoms with E-state index >= 15 is 0 Å². The fraction of sp³-hybridized carbons (Fsp3) is 0.0455. The molecule has 1 amide bonds. The molecule has 0 bridgehead atoms. The van der Waals surface area contributed by atoms with Crippen molar-refractivity contribution in [3.63, 3.8) is 0 Å². The molecule has 3 heterocycles. The zero-order valence-corrected chi connectivity index (χ0v) is 14.9. The number of benzene rings is 2. The third-order valence-corrected chi connectivity index (χ3v) is 4.76. The monoisotopic (exact) mass is 367 g/mol. The number of hydrogen-bond donors (Lipinski definition) is 2. The van der Waals surface area contributed by atoms with E-state index in [0.717, 1.165) is 28.2 Å². The van der Waals surface area contributed by atoms with Gasteiger partial charge in [0.25, 0.3) is 5.91 Å². The number of amides is 1. The number of para-hydroxylation sites is 2. The Labute approximate surface area is 161 Å². The van der Waals surface area contributed by atoms with Gasteiger partial charge in [-0.15, -0.1) is 0 Å². The molecule has 1 aliphatic rings. The van der Waals surface area contributed by atoms with Gasteiger partial charge in [-0.25, -0.2) is 4.68 Å². The Morgan fingerprint density at radius 1 is 0.893 bits per heavy atom. The number of aromatic nitrogens is 3. The third kappa shape index (κ3) is 2.81. The molecule has 0 radical (unpaired) electrons. The van der Waals surface area contributed by atoms with Crippen molar-refractivity contribution in [2.24, 2.45) is 0 Å². The van der Waals surface area contributed by atoms with Crippen molar-refractivity contribution in [2.45, 2.75) is 6.17 Å². The van der Waals surface area contributed by atoms with Crippen LogP contribution in [0.15, 0.2) is 85.3 Å². The van der Waals surface area contributed by atoms with Gasteiger partial charge in [-0.3, -0.25) is 9.78 Å². The van der Waals surface area contributed by atoms with Crippen LogP contribution in [-0.2, 0) is 0 Å². The molecule has 0 saturated carbocycles. The van der Waals surface area contributed by atoms with E-state index in [0.29, 0.717) is 5.56 Å². The first-order valence-electron chi connectivity index (χ1n) is 9.01. The van der Waals surface area contributed by atoms with E-state index in [4.69, 9.17) is 5.10 Å². The summed E-state index contributed by atoms with van der Waals surface area (Å²) in [5.41, 5.74) is 4.93. The predicted octanol–water partition coefficient (Wildman–Crippen LogP) is 3.79. The maximum Gasteiger partial charge on any atom is 0.255 e. The molecule has 0 aliphatic carbocycles. The molecule has 136 valence electrons. The van der Waals surface area contributed by atoms with Crippen LogP contribution in [0.2, 0.25) is 0 Å². The van der Waals surface area contributed by atoms with Crippen molar-refractivity contribution in [1.29, 1.82) is 0 Å². The lowest BCUT2D eigenvalue weighted by Gasteiger charge is -2.27. The SMILES string of the molecule is O=C1N[C@@H](c2cn(-c3ccccc3)nc2-c2cccnc2)Nc2ccccc21. The molecule has 2 aromatic carbocycles. The van der Waals surface area contributed by atoms with Gasteiger partial charge in [0.2, 0.25) is 0 Å². The second-order valence-corrected chi connectivity index (χ2v) is 6.55. The molecule has 2 N–H and O–H groups in total. The molecule has 1 aliphatic heterocycles. The van der Waals surface area contributed by atoms with Crippen molar-refractivity contribution >= 4 is 11.6 Å². The van der Waals surface area contributed by atoms with Crippen LogP contribution in [0, 0.1) is 0 Å². The van der Waals surface area contributed by atoms with Crippen LogP contribution in [-0.4, -0.2) is 20.7 Å². The number of fused-ring (bicyclic) bond motifs is 1. The highest BCUT2D eigenvalue weighted by atomic mass is 16.2. The zero-order chi connectivity index (χ0) is 18.9. The lowest BCUT2D eigenvalue weighted by Crippen LogP contribution is -2.38. The van der Waals surface area contributed by atoms with Gasteiger partial charge in [-0.05, 0) is 36.4 Å². The molecule has 2 aromatic heterocycles. The smallest absolute Gasteiger partial charge is 0.255 e. The molecular formula is C22H17N5O. The zero-order valence-electron chi connectivity index (χ0n) is 14.9. The lowest BCUT2D eigenvalue weighted by molar-refractivity contribution is 0.0936. The second-order valence-electron chi connectivity index (χ2n) is 6.55. The highest BCUT2D eigenvalue weighted by molar-refractivity contribution is 6.01. The summed E-state index contributed by atoms with van der Waals surface area (Å²) in [4.78, 5) is 16.8. The van der Waals surface area contributed by atoms with Crippen molar-refractivity contribution in [2.75, 3.05) is 5.32 Å². The average molecular weight is 367 g/mol. The van der Waals surface area contributed by atoms with Gasteiger partial charge in [0.05, 0.1) is 11.3 Å². The largest absolute Gasteiger partial charge is 0.361 e. The van der Waals surface area contributed by atoms with Crippen LogP contribution in [0.1, 0.15) is 22.1 Å². The minimum absolute atomic E-state index is 0.107. The first kappa shape index (κ1) is 16.3. The van der Waals surface area contributed by atoms with Crippen LogP contribution in [0.3, 0.4) is 0 Å². The van der Waals surface area contributed by atoms with E-state index in [-0.39, 0.29) is 5.91 Å². The van der Waals surface area contributed by atoms with E-state index in [1.165, 1.54) is 0 Å². The number of carbonyl (C=O) groups excluding carboxylic acids is 1. The van der Waals surface area contributed by atoms with Crippen LogP contribution in [0.5, 0.6) is 0 Å². The average Bonchev–Trinajstić information content (AvgIpc) is 3.21. The molecule has 6 heteroatoms. The number of hydrogen-bond acceptors (Lipinski definition) is 4. The van der Waals surface area contributed by atoms with E-state index < -0.39 is 6.17 Å². The molecule has 28 heavy (non-hydrogen) atoms. The van der Waals surface area contributed by atoms with Crippen molar-refractivity contribution in [3.8, 4) is 16.9 Å². The van der Waals surface area contributed by atoms with Crippen molar-refractivity contribution in [3.05, 3.63) is 96.4 Å². The first-order valence-corrected chi connectivity index (χ1v) is 9.01. The Kier molecular flexibility index (Phi) is 3.87. The highest BCUT2D eigenvalue weighted by Crippen LogP contribution is 2.32. The Morgan fingerprint density at radius 2 is 1.71 bits per heavy atom. The summed E-state index contributed by atoms with van der Waals surface area (Å²) >= 11 is 0. The summed E-state index contributed by atoms with van der Waals surface area (Å²) in [6, 6.07) is 21.2. The molecular weight excluding hydrogens is 350 g/mol. The maximum atomic E-state index is 12.6. The maximum absolute atomic E-state index is 12.6. The molecule has 0 spiro atoms. The Morgan fingerprint density at radius 3 is 2.54 bits per heavy atom. The number of anilines is 1. The summed E-state index contributed by atoms with van der Waals surface area (Å²) in [5, 5.41) is 11.2. The Hall–Kier alpha value is -3.93. The van der Waals surface area contributed by atoms with E-state index in [9.17, 15) is 4.79 Å². The van der Waals surface area contributed by atoms with Crippen LogP contribution >= 0.6 is 0 Å². The molecule has 0 unspecified atom stereocenters. The third-order valence-electron chi connectivity index (χ3n) is 4.76. The molecule has 4 aromatic rings. The van der Waals surface area contributed by atoms with Crippen molar-refractivity contribution in [1.82, 2.24) is 20.1 Å². The van der Waals surface area contributed by atoms with Gasteiger partial charge in [0, 0.05) is 35.4 Å². The van der Waals surface area contributed by atoms with E-state index in [1.807, 2.05) is 77.6 Å². The number of pyridine rings is 1. The first-order chi connectivity index (χ1) is 13.8. The Balaban J connectivity index is 1.62. The Bertz CT molecular complexity index is 1140. The topological polar surface area (TPSA) is 71.8 Å². The van der Waals surface area contributed by atoms with Gasteiger partial charge in [0.15, 0.2) is 0 Å².